The van der Waals surface area contributed by atoms with Crippen molar-refractivity contribution in [3.63, 3.8) is 0 Å². The summed E-state index contributed by atoms with van der Waals surface area (Å²) in [5, 5.41) is 4.05. The van der Waals surface area contributed by atoms with Gasteiger partial charge >= 0.3 is 0 Å². The van der Waals surface area contributed by atoms with E-state index in [9.17, 15) is 4.79 Å². The fourth-order valence-corrected chi connectivity index (χ4v) is 3.92. The maximum atomic E-state index is 13.1. The van der Waals surface area contributed by atoms with Crippen molar-refractivity contribution in [2.24, 2.45) is 0 Å². The Morgan fingerprint density at radius 3 is 2.74 bits per heavy atom. The van der Waals surface area contributed by atoms with Crippen LogP contribution in [0.3, 0.4) is 0 Å². The zero-order chi connectivity index (χ0) is 16.4. The van der Waals surface area contributed by atoms with Gasteiger partial charge < -0.3 is 9.42 Å². The molecule has 6 heteroatoms. The molecule has 128 valence electrons. The summed E-state index contributed by atoms with van der Waals surface area (Å²) < 4.78 is 5.11. The van der Waals surface area contributed by atoms with Crippen LogP contribution < -0.4 is 0 Å². The SMILES string of the molecule is Cc1nc([C@H]2CCCN(C(=O)[C@H]3CCCCN3C(C)C)C2)no1. The van der Waals surface area contributed by atoms with Crippen LogP contribution in [0.15, 0.2) is 4.52 Å². The second kappa shape index (κ2) is 6.99. The van der Waals surface area contributed by atoms with Gasteiger partial charge in [0.2, 0.25) is 11.8 Å². The van der Waals surface area contributed by atoms with Gasteiger partial charge in [-0.25, -0.2) is 0 Å². The van der Waals surface area contributed by atoms with Crippen LogP contribution in [-0.2, 0) is 4.79 Å². The molecule has 6 nitrogen and oxygen atoms in total. The minimum Gasteiger partial charge on any atom is -0.341 e. The van der Waals surface area contributed by atoms with E-state index in [1.807, 2.05) is 11.8 Å². The highest BCUT2D eigenvalue weighted by molar-refractivity contribution is 5.82. The third-order valence-electron chi connectivity index (χ3n) is 5.13. The Morgan fingerprint density at radius 1 is 1.22 bits per heavy atom. The minimum atomic E-state index is 0.0505. The monoisotopic (exact) mass is 320 g/mol. The van der Waals surface area contributed by atoms with Crippen LogP contribution >= 0.6 is 0 Å². The topological polar surface area (TPSA) is 62.5 Å². The minimum absolute atomic E-state index is 0.0505. The van der Waals surface area contributed by atoms with Gasteiger partial charge in [-0.2, -0.15) is 4.98 Å². The first-order chi connectivity index (χ1) is 11.1. The second-order valence-electron chi connectivity index (χ2n) is 7.14. The van der Waals surface area contributed by atoms with Crippen molar-refractivity contribution in [3.05, 3.63) is 11.7 Å². The molecular formula is C17H28N4O2. The molecule has 0 bridgehead atoms. The molecule has 0 unspecified atom stereocenters. The van der Waals surface area contributed by atoms with E-state index in [0.717, 1.165) is 51.1 Å². The highest BCUT2D eigenvalue weighted by Crippen LogP contribution is 2.28. The van der Waals surface area contributed by atoms with Crippen LogP contribution in [0, 0.1) is 6.92 Å². The van der Waals surface area contributed by atoms with E-state index in [1.165, 1.54) is 6.42 Å². The molecular weight excluding hydrogens is 292 g/mol. The molecule has 2 aliphatic heterocycles. The lowest BCUT2D eigenvalue weighted by Gasteiger charge is -2.41. The molecule has 0 spiro atoms. The van der Waals surface area contributed by atoms with E-state index in [2.05, 4.69) is 28.9 Å². The van der Waals surface area contributed by atoms with Crippen LogP contribution in [0.5, 0.6) is 0 Å². The van der Waals surface area contributed by atoms with Crippen molar-refractivity contribution < 1.29 is 9.32 Å². The first-order valence-corrected chi connectivity index (χ1v) is 8.91. The highest BCUT2D eigenvalue weighted by atomic mass is 16.5. The van der Waals surface area contributed by atoms with Crippen LogP contribution in [-0.4, -0.2) is 57.6 Å². The molecule has 2 atom stereocenters. The molecule has 2 aliphatic rings. The Kier molecular flexibility index (Phi) is 4.99. The zero-order valence-corrected chi connectivity index (χ0v) is 14.5. The fourth-order valence-electron chi connectivity index (χ4n) is 3.92. The van der Waals surface area contributed by atoms with Gasteiger partial charge in [0.25, 0.3) is 0 Å². The first kappa shape index (κ1) is 16.4. The third kappa shape index (κ3) is 3.57. The van der Waals surface area contributed by atoms with Gasteiger partial charge in [-0.15, -0.1) is 0 Å². The largest absolute Gasteiger partial charge is 0.341 e. The summed E-state index contributed by atoms with van der Waals surface area (Å²) in [6.45, 7) is 8.80. The Hall–Kier alpha value is -1.43. The summed E-state index contributed by atoms with van der Waals surface area (Å²) in [5.74, 6) is 1.86. The number of rotatable bonds is 3. The van der Waals surface area contributed by atoms with E-state index in [4.69, 9.17) is 4.52 Å². The van der Waals surface area contributed by atoms with E-state index >= 15 is 0 Å². The van der Waals surface area contributed by atoms with Crippen molar-refractivity contribution in [2.45, 2.75) is 70.9 Å². The molecule has 23 heavy (non-hydrogen) atoms. The fraction of sp³-hybridized carbons (Fsp3) is 0.824. The van der Waals surface area contributed by atoms with Crippen molar-refractivity contribution in [2.75, 3.05) is 19.6 Å². The Morgan fingerprint density at radius 2 is 2.04 bits per heavy atom. The molecule has 1 aromatic rings. The standard InChI is InChI=1S/C17H28N4O2/c1-12(2)21-10-5-4-8-15(21)17(22)20-9-6-7-14(11-20)16-18-13(3)23-19-16/h12,14-15H,4-11H2,1-3H3/t14-,15+/m0/s1. The summed E-state index contributed by atoms with van der Waals surface area (Å²) in [7, 11) is 0. The number of likely N-dealkylation sites (tertiary alicyclic amines) is 2. The van der Waals surface area contributed by atoms with Gasteiger partial charge in [0.05, 0.1) is 6.04 Å². The number of hydrogen-bond acceptors (Lipinski definition) is 5. The van der Waals surface area contributed by atoms with Gasteiger partial charge in [-0.3, -0.25) is 9.69 Å². The average Bonchev–Trinajstić information content (AvgIpc) is 3.01. The Balaban J connectivity index is 1.68. The molecule has 0 N–H and O–H groups in total. The summed E-state index contributed by atoms with van der Waals surface area (Å²) >= 11 is 0. The Labute approximate surface area is 138 Å². The molecule has 2 fully saturated rings. The molecule has 3 rings (SSSR count). The first-order valence-electron chi connectivity index (χ1n) is 8.91. The van der Waals surface area contributed by atoms with E-state index < -0.39 is 0 Å². The number of aryl methyl sites for hydroxylation is 1. The molecule has 0 radical (unpaired) electrons. The molecule has 1 aromatic heterocycles. The number of carbonyl (C=O) groups excluding carboxylic acids is 1. The molecule has 0 saturated carbocycles. The van der Waals surface area contributed by atoms with Crippen LogP contribution in [0.1, 0.15) is 63.6 Å². The lowest BCUT2D eigenvalue weighted by molar-refractivity contribution is -0.140. The van der Waals surface area contributed by atoms with E-state index in [0.29, 0.717) is 17.8 Å². The summed E-state index contributed by atoms with van der Waals surface area (Å²) in [6.07, 6.45) is 5.38. The van der Waals surface area contributed by atoms with Crippen LogP contribution in [0.25, 0.3) is 0 Å². The molecule has 3 heterocycles. The van der Waals surface area contributed by atoms with Gasteiger partial charge in [0.15, 0.2) is 5.82 Å². The molecule has 0 aromatic carbocycles. The zero-order valence-electron chi connectivity index (χ0n) is 14.5. The smallest absolute Gasteiger partial charge is 0.239 e. The van der Waals surface area contributed by atoms with Crippen LogP contribution in [0.4, 0.5) is 0 Å². The quantitative estimate of drug-likeness (QED) is 0.855. The number of amides is 1. The number of nitrogens with zero attached hydrogens (tertiary/aromatic N) is 4. The van der Waals surface area contributed by atoms with E-state index in [-0.39, 0.29) is 12.0 Å². The van der Waals surface area contributed by atoms with Gasteiger partial charge in [0.1, 0.15) is 0 Å². The van der Waals surface area contributed by atoms with Crippen molar-refractivity contribution >= 4 is 5.91 Å². The van der Waals surface area contributed by atoms with Gasteiger partial charge in [-0.05, 0) is 46.1 Å². The maximum Gasteiger partial charge on any atom is 0.239 e. The molecule has 0 aliphatic carbocycles. The van der Waals surface area contributed by atoms with Crippen LogP contribution in [0.2, 0.25) is 0 Å². The predicted octanol–water partition coefficient (Wildman–Crippen LogP) is 2.35. The lowest BCUT2D eigenvalue weighted by atomic mass is 9.94. The number of carbonyl (C=O) groups is 1. The van der Waals surface area contributed by atoms with E-state index in [1.54, 1.807) is 0 Å². The molecule has 1 amide bonds. The van der Waals surface area contributed by atoms with Crippen molar-refractivity contribution in [1.29, 1.82) is 0 Å². The van der Waals surface area contributed by atoms with Gasteiger partial charge in [0, 0.05) is 32.0 Å². The van der Waals surface area contributed by atoms with Gasteiger partial charge in [-0.1, -0.05) is 11.6 Å². The summed E-state index contributed by atoms with van der Waals surface area (Å²) in [4.78, 5) is 21.8. The number of piperidine rings is 2. The summed E-state index contributed by atoms with van der Waals surface area (Å²) in [5.41, 5.74) is 0. The second-order valence-corrected chi connectivity index (χ2v) is 7.14. The molecule has 2 saturated heterocycles. The van der Waals surface area contributed by atoms with Crippen molar-refractivity contribution in [3.8, 4) is 0 Å². The number of aromatic nitrogens is 2. The highest BCUT2D eigenvalue weighted by Gasteiger charge is 2.36. The average molecular weight is 320 g/mol. The normalized spacial score (nSPS) is 26.7. The maximum absolute atomic E-state index is 13.1. The third-order valence-corrected chi connectivity index (χ3v) is 5.13. The van der Waals surface area contributed by atoms with Crippen molar-refractivity contribution in [1.82, 2.24) is 19.9 Å². The summed E-state index contributed by atoms with van der Waals surface area (Å²) in [6, 6.07) is 0.471. The number of hydrogen-bond donors (Lipinski definition) is 0. The predicted molar refractivity (Wildman–Crippen MR) is 87.1 cm³/mol. The Bertz CT molecular complexity index is 542. The lowest BCUT2D eigenvalue weighted by Crippen LogP contribution is -2.54.